The maximum absolute atomic E-state index is 2.43. The minimum Gasteiger partial charge on any atom is -0.0830 e. The van der Waals surface area contributed by atoms with Gasteiger partial charge in [-0.1, -0.05) is 78.9 Å². The van der Waals surface area contributed by atoms with Crippen LogP contribution in [0.25, 0.3) is 16.8 Å². The fraction of sp³-hybridized carbons (Fsp3) is 0.172. The molecule has 0 nitrogen and oxygen atoms in total. The van der Waals surface area contributed by atoms with Crippen LogP contribution in [-0.4, -0.2) is 0 Å². The largest absolute Gasteiger partial charge is 0.0830 e. The van der Waals surface area contributed by atoms with Crippen molar-refractivity contribution in [1.82, 2.24) is 0 Å². The van der Waals surface area contributed by atoms with Crippen molar-refractivity contribution in [3.63, 3.8) is 0 Å². The van der Waals surface area contributed by atoms with Crippen molar-refractivity contribution in [2.75, 3.05) is 0 Å². The predicted octanol–water partition coefficient (Wildman–Crippen LogP) is 7.08. The number of aryl methyl sites for hydroxylation is 1. The first kappa shape index (κ1) is 16.8. The molecule has 4 aromatic carbocycles. The van der Waals surface area contributed by atoms with Crippen LogP contribution >= 0.6 is 0 Å². The molecular formula is C29H24. The van der Waals surface area contributed by atoms with E-state index in [1.54, 1.807) is 5.56 Å². The van der Waals surface area contributed by atoms with Crippen molar-refractivity contribution in [2.24, 2.45) is 0 Å². The summed E-state index contributed by atoms with van der Waals surface area (Å²) in [6.07, 6.45) is 9.13. The Balaban J connectivity index is 1.49. The summed E-state index contributed by atoms with van der Waals surface area (Å²) in [4.78, 5) is 0. The summed E-state index contributed by atoms with van der Waals surface area (Å²) in [7, 11) is 0. The second-order valence-corrected chi connectivity index (χ2v) is 8.45. The Labute approximate surface area is 172 Å². The number of hydrogen-bond acceptors (Lipinski definition) is 0. The number of rotatable bonds is 1. The van der Waals surface area contributed by atoms with E-state index in [0.717, 1.165) is 25.7 Å². The molecule has 0 radical (unpaired) electrons. The SMILES string of the molecule is C1=Cc2cc3ccccc3cc2C(c2cccc3c2CCc2ccccc2C3)C1. The van der Waals surface area contributed by atoms with Gasteiger partial charge >= 0.3 is 0 Å². The van der Waals surface area contributed by atoms with Crippen LogP contribution in [0.3, 0.4) is 0 Å². The minimum atomic E-state index is 0.454. The van der Waals surface area contributed by atoms with Crippen LogP contribution in [0, 0.1) is 0 Å². The quantitative estimate of drug-likeness (QED) is 0.335. The van der Waals surface area contributed by atoms with Crippen molar-refractivity contribution in [3.8, 4) is 0 Å². The lowest BCUT2D eigenvalue weighted by molar-refractivity contribution is 0.795. The van der Waals surface area contributed by atoms with Crippen LogP contribution in [-0.2, 0) is 19.3 Å². The van der Waals surface area contributed by atoms with E-state index in [9.17, 15) is 0 Å². The highest BCUT2D eigenvalue weighted by molar-refractivity contribution is 5.87. The Morgan fingerprint density at radius 3 is 2.28 bits per heavy atom. The molecule has 0 N–H and O–H groups in total. The highest BCUT2D eigenvalue weighted by atomic mass is 14.3. The van der Waals surface area contributed by atoms with Crippen LogP contribution in [0.4, 0.5) is 0 Å². The molecule has 140 valence electrons. The Hall–Kier alpha value is -3.12. The standard InChI is InChI=1S/C29H24/c1-2-8-21-17-24-11-5-13-27(26(24)16-15-20(21)7-1)28-14-6-12-25-18-22-9-3-4-10-23(22)19-29(25)28/h1-13,18-19,28H,14-17H2. The van der Waals surface area contributed by atoms with Gasteiger partial charge in [0.25, 0.3) is 0 Å². The van der Waals surface area contributed by atoms with Crippen LogP contribution in [0.15, 0.2) is 84.9 Å². The second kappa shape index (κ2) is 6.74. The number of fused-ring (bicyclic) bond motifs is 4. The summed E-state index contributed by atoms with van der Waals surface area (Å²) in [5.41, 5.74) is 10.5. The minimum absolute atomic E-state index is 0.454. The summed E-state index contributed by atoms with van der Waals surface area (Å²) in [6.45, 7) is 0. The smallest absolute Gasteiger partial charge is 0.0133 e. The maximum atomic E-state index is 2.43. The van der Waals surface area contributed by atoms with Gasteiger partial charge < -0.3 is 0 Å². The molecule has 0 bridgehead atoms. The first-order valence-electron chi connectivity index (χ1n) is 10.7. The van der Waals surface area contributed by atoms with E-state index < -0.39 is 0 Å². The second-order valence-electron chi connectivity index (χ2n) is 8.45. The van der Waals surface area contributed by atoms with Gasteiger partial charge in [0.05, 0.1) is 0 Å². The van der Waals surface area contributed by atoms with Gasteiger partial charge in [-0.05, 0) is 87.5 Å². The van der Waals surface area contributed by atoms with Gasteiger partial charge in [-0.25, -0.2) is 0 Å². The summed E-state index contributed by atoms with van der Waals surface area (Å²) in [5, 5.41) is 2.68. The molecule has 2 aliphatic carbocycles. The first-order valence-corrected chi connectivity index (χ1v) is 10.7. The molecule has 1 atom stereocenters. The van der Waals surface area contributed by atoms with Gasteiger partial charge in [-0.3, -0.25) is 0 Å². The monoisotopic (exact) mass is 372 g/mol. The fourth-order valence-electron chi connectivity index (χ4n) is 5.36. The summed E-state index contributed by atoms with van der Waals surface area (Å²) in [5.74, 6) is 0.454. The molecule has 0 aromatic heterocycles. The molecule has 4 aromatic rings. The van der Waals surface area contributed by atoms with Gasteiger partial charge in [0.2, 0.25) is 0 Å². The molecule has 1 unspecified atom stereocenters. The molecule has 0 heteroatoms. The Kier molecular flexibility index (Phi) is 3.90. The average molecular weight is 373 g/mol. The van der Waals surface area contributed by atoms with Gasteiger partial charge in [0, 0.05) is 5.92 Å². The van der Waals surface area contributed by atoms with Crippen LogP contribution in [0.1, 0.15) is 51.3 Å². The Morgan fingerprint density at radius 1 is 0.621 bits per heavy atom. The van der Waals surface area contributed by atoms with Crippen molar-refractivity contribution in [2.45, 2.75) is 31.6 Å². The Morgan fingerprint density at radius 2 is 1.38 bits per heavy atom. The topological polar surface area (TPSA) is 0 Å². The lowest BCUT2D eigenvalue weighted by atomic mass is 9.78. The first-order chi connectivity index (χ1) is 14.4. The number of hydrogen-bond donors (Lipinski definition) is 0. The van der Waals surface area contributed by atoms with Crippen molar-refractivity contribution >= 4 is 16.8 Å². The van der Waals surface area contributed by atoms with E-state index in [1.807, 2.05) is 0 Å². The molecule has 0 saturated heterocycles. The van der Waals surface area contributed by atoms with E-state index >= 15 is 0 Å². The average Bonchev–Trinajstić information content (AvgIpc) is 2.96. The van der Waals surface area contributed by atoms with Gasteiger partial charge in [-0.2, -0.15) is 0 Å². The fourth-order valence-corrected chi connectivity index (χ4v) is 5.36. The van der Waals surface area contributed by atoms with Crippen molar-refractivity contribution < 1.29 is 0 Å². The van der Waals surface area contributed by atoms with Crippen molar-refractivity contribution in [1.29, 1.82) is 0 Å². The van der Waals surface area contributed by atoms with Gasteiger partial charge in [0.1, 0.15) is 0 Å². The molecule has 0 aliphatic heterocycles. The number of allylic oxidation sites excluding steroid dienone is 1. The van der Waals surface area contributed by atoms with Crippen LogP contribution in [0.5, 0.6) is 0 Å². The van der Waals surface area contributed by atoms with E-state index in [4.69, 9.17) is 0 Å². The predicted molar refractivity (Wildman–Crippen MR) is 123 cm³/mol. The zero-order valence-corrected chi connectivity index (χ0v) is 16.6. The highest BCUT2D eigenvalue weighted by Gasteiger charge is 2.24. The van der Waals surface area contributed by atoms with E-state index in [1.165, 1.54) is 44.2 Å². The van der Waals surface area contributed by atoms with E-state index in [2.05, 4.69) is 91.0 Å². The third-order valence-corrected chi connectivity index (χ3v) is 6.82. The van der Waals surface area contributed by atoms with Gasteiger partial charge in [-0.15, -0.1) is 0 Å². The summed E-state index contributed by atoms with van der Waals surface area (Å²) in [6, 6.07) is 29.5. The lowest BCUT2D eigenvalue weighted by Gasteiger charge is -2.26. The maximum Gasteiger partial charge on any atom is 0.0133 e. The third-order valence-electron chi connectivity index (χ3n) is 6.82. The normalized spacial score (nSPS) is 17.3. The molecule has 2 aliphatic rings. The highest BCUT2D eigenvalue weighted by Crippen LogP contribution is 2.40. The van der Waals surface area contributed by atoms with Crippen LogP contribution in [0.2, 0.25) is 0 Å². The third kappa shape index (κ3) is 2.83. The molecule has 6 rings (SSSR count). The van der Waals surface area contributed by atoms with E-state index in [-0.39, 0.29) is 0 Å². The molecule has 0 saturated carbocycles. The summed E-state index contributed by atoms with van der Waals surface area (Å²) < 4.78 is 0. The lowest BCUT2D eigenvalue weighted by Crippen LogP contribution is -2.10. The zero-order chi connectivity index (χ0) is 19.2. The van der Waals surface area contributed by atoms with Gasteiger partial charge in [0.15, 0.2) is 0 Å². The molecule has 0 fully saturated rings. The Bertz CT molecular complexity index is 1260. The molecule has 0 heterocycles. The zero-order valence-electron chi connectivity index (χ0n) is 16.6. The number of benzene rings is 4. The summed E-state index contributed by atoms with van der Waals surface area (Å²) >= 11 is 0. The molecular weight excluding hydrogens is 348 g/mol. The van der Waals surface area contributed by atoms with Crippen LogP contribution < -0.4 is 0 Å². The van der Waals surface area contributed by atoms with Crippen molar-refractivity contribution in [3.05, 3.63) is 124 Å². The molecule has 29 heavy (non-hydrogen) atoms. The molecule has 0 amide bonds. The van der Waals surface area contributed by atoms with E-state index in [0.29, 0.717) is 5.92 Å². The molecule has 0 spiro atoms.